The Hall–Kier alpha value is -8.63. The summed E-state index contributed by atoms with van der Waals surface area (Å²) in [6.07, 6.45) is 0. The summed E-state index contributed by atoms with van der Waals surface area (Å²) >= 11 is 1.89. The first-order valence-electron chi connectivity index (χ1n) is 24.6. The highest BCUT2D eigenvalue weighted by molar-refractivity contribution is 7.99. The monoisotopic (exact) mass is 919 g/mol. The highest BCUT2D eigenvalue weighted by Crippen LogP contribution is 2.66. The van der Waals surface area contributed by atoms with E-state index in [1.54, 1.807) is 0 Å². The van der Waals surface area contributed by atoms with Crippen LogP contribution in [0.5, 0.6) is 11.5 Å². The van der Waals surface area contributed by atoms with Gasteiger partial charge in [-0.1, -0.05) is 206 Å². The van der Waals surface area contributed by atoms with Crippen molar-refractivity contribution < 1.29 is 4.74 Å². The molecule has 2 heterocycles. The van der Waals surface area contributed by atoms with Gasteiger partial charge in [0.15, 0.2) is 0 Å². The van der Waals surface area contributed by atoms with Crippen LogP contribution in [0.2, 0.25) is 0 Å². The molecule has 0 amide bonds. The van der Waals surface area contributed by atoms with Crippen molar-refractivity contribution in [3.8, 4) is 33.8 Å². The number of ether oxygens (including phenoxy) is 1. The van der Waals surface area contributed by atoms with Crippen LogP contribution in [-0.4, -0.2) is 0 Å². The zero-order valence-electron chi connectivity index (χ0n) is 38.4. The third-order valence-corrected chi connectivity index (χ3v) is 17.3. The first-order valence-corrected chi connectivity index (χ1v) is 25.4. The maximum Gasteiger partial charge on any atom is 0.132 e. The van der Waals surface area contributed by atoms with E-state index in [1.165, 1.54) is 97.7 Å². The highest BCUT2D eigenvalue weighted by atomic mass is 32.2. The molecule has 12 aromatic rings. The molecule has 71 heavy (non-hydrogen) atoms. The van der Waals surface area contributed by atoms with E-state index in [4.69, 9.17) is 4.74 Å². The highest BCUT2D eigenvalue weighted by Gasteiger charge is 2.53. The minimum absolute atomic E-state index is 0.524. The van der Waals surface area contributed by atoms with Crippen LogP contribution in [0, 0.1) is 0 Å². The molecule has 2 nitrogen and oxygen atoms in total. The second-order valence-corrected chi connectivity index (χ2v) is 20.4. The molecule has 0 saturated heterocycles. The molecule has 0 saturated carbocycles. The molecular weight excluding hydrogens is 879 g/mol. The average molecular weight is 920 g/mol. The quantitative estimate of drug-likeness (QED) is 0.164. The minimum Gasteiger partial charge on any atom is -0.457 e. The predicted octanol–water partition coefficient (Wildman–Crippen LogP) is 17.9. The Morgan fingerprint density at radius 1 is 0.296 bits per heavy atom. The number of nitrogens with zero attached hydrogens (tertiary/aromatic N) is 1. The number of rotatable bonds is 3. The molecule has 0 fully saturated rings. The molecule has 2 spiro atoms. The number of hydrogen-bond donors (Lipinski definition) is 0. The fraction of sp³-hybridized carbons (Fsp3) is 0.0294. The number of hydrogen-bond acceptors (Lipinski definition) is 3. The van der Waals surface area contributed by atoms with Crippen molar-refractivity contribution >= 4 is 61.1 Å². The first kappa shape index (κ1) is 39.2. The summed E-state index contributed by atoms with van der Waals surface area (Å²) in [7, 11) is 0. The van der Waals surface area contributed by atoms with E-state index in [0.29, 0.717) is 0 Å². The van der Waals surface area contributed by atoms with E-state index in [1.807, 2.05) is 11.8 Å². The van der Waals surface area contributed by atoms with Gasteiger partial charge in [0.1, 0.15) is 11.5 Å². The maximum absolute atomic E-state index is 6.79. The summed E-state index contributed by atoms with van der Waals surface area (Å²) in [6, 6.07) is 93.1. The van der Waals surface area contributed by atoms with Gasteiger partial charge in [-0.15, -0.1) is 0 Å². The molecule has 3 heteroatoms. The SMILES string of the molecule is c1ccc2c(c1)Oc1ccccc1C21c2ccccc2-c2ccc(N(c3ccc4c5ccccc5c5ccccc5c4c3)c3cccc4c3-c3ccccc3C43c4ccccc4Sc4ccccc43)cc21. The van der Waals surface area contributed by atoms with Gasteiger partial charge in [-0.2, -0.15) is 0 Å². The van der Waals surface area contributed by atoms with Crippen LogP contribution < -0.4 is 9.64 Å². The number of anilines is 3. The molecule has 0 N–H and O–H groups in total. The van der Waals surface area contributed by atoms with Gasteiger partial charge in [0.25, 0.3) is 0 Å². The van der Waals surface area contributed by atoms with Crippen LogP contribution in [-0.2, 0) is 10.8 Å². The van der Waals surface area contributed by atoms with Gasteiger partial charge in [-0.05, 0) is 137 Å². The fourth-order valence-corrected chi connectivity index (χ4v) is 14.7. The van der Waals surface area contributed by atoms with Gasteiger partial charge in [0, 0.05) is 37.9 Å². The fourth-order valence-electron chi connectivity index (χ4n) is 13.5. The molecule has 4 aliphatic rings. The number of para-hydroxylation sites is 2. The van der Waals surface area contributed by atoms with Gasteiger partial charge in [-0.3, -0.25) is 0 Å². The lowest BCUT2D eigenvalue weighted by atomic mass is 9.66. The molecule has 0 atom stereocenters. The van der Waals surface area contributed by atoms with Crippen LogP contribution in [0.15, 0.2) is 259 Å². The molecular formula is C68H41NOS. The standard InChI is InChI=1S/C68H41NOS/c1-2-20-46-44(18-1)45-19-3-4-21-47(45)52-40-42(36-38-48(46)52)69(43-37-39-50-49-22-5-7-24-53(49)67(60(50)41-43)55-26-9-13-32-62(55)70-63-33-14-10-27-56(63)67)61-31-17-30-59-66(61)51-23-6-8-25-54(51)68(59)57-28-11-15-34-64(57)71-65-35-16-12-29-58(65)68/h1-41H. The Morgan fingerprint density at radius 2 is 0.732 bits per heavy atom. The van der Waals surface area contributed by atoms with Crippen LogP contribution in [0.4, 0.5) is 17.1 Å². The van der Waals surface area contributed by atoms with Crippen LogP contribution in [0.25, 0.3) is 54.6 Å². The molecule has 2 aliphatic heterocycles. The summed E-state index contributed by atoms with van der Waals surface area (Å²) < 4.78 is 6.79. The van der Waals surface area contributed by atoms with Crippen LogP contribution in [0.1, 0.15) is 44.5 Å². The summed E-state index contributed by atoms with van der Waals surface area (Å²) in [5.74, 6) is 1.78. The van der Waals surface area contributed by atoms with Crippen molar-refractivity contribution in [2.24, 2.45) is 0 Å². The van der Waals surface area contributed by atoms with Crippen molar-refractivity contribution in [1.82, 2.24) is 0 Å². The smallest absolute Gasteiger partial charge is 0.132 e. The van der Waals surface area contributed by atoms with Crippen molar-refractivity contribution in [3.05, 3.63) is 293 Å². The summed E-state index contributed by atoms with van der Waals surface area (Å²) in [5, 5.41) is 7.52. The van der Waals surface area contributed by atoms with Gasteiger partial charge >= 0.3 is 0 Å². The van der Waals surface area contributed by atoms with Crippen LogP contribution in [0.3, 0.4) is 0 Å². The number of fused-ring (bicyclic) bond motifs is 24. The Labute approximate surface area is 416 Å². The van der Waals surface area contributed by atoms with Gasteiger partial charge in [0.05, 0.1) is 16.5 Å². The van der Waals surface area contributed by atoms with E-state index in [2.05, 4.69) is 254 Å². The van der Waals surface area contributed by atoms with Gasteiger partial charge in [-0.25, -0.2) is 0 Å². The zero-order valence-corrected chi connectivity index (χ0v) is 39.3. The van der Waals surface area contributed by atoms with E-state index >= 15 is 0 Å². The molecule has 0 unspecified atom stereocenters. The third kappa shape index (κ3) is 5.03. The third-order valence-electron chi connectivity index (χ3n) is 16.2. The number of benzene rings is 12. The van der Waals surface area contributed by atoms with Crippen molar-refractivity contribution in [3.63, 3.8) is 0 Å². The summed E-state index contributed by atoms with van der Waals surface area (Å²) in [5.41, 5.74) is 17.3. The van der Waals surface area contributed by atoms with E-state index in [-0.39, 0.29) is 0 Å². The van der Waals surface area contributed by atoms with E-state index in [9.17, 15) is 0 Å². The topological polar surface area (TPSA) is 12.5 Å². The molecule has 0 aromatic heterocycles. The Morgan fingerprint density at radius 3 is 1.38 bits per heavy atom. The predicted molar refractivity (Wildman–Crippen MR) is 292 cm³/mol. The summed E-state index contributed by atoms with van der Waals surface area (Å²) in [4.78, 5) is 5.16. The average Bonchev–Trinajstić information content (AvgIpc) is 3.89. The van der Waals surface area contributed by atoms with Crippen molar-refractivity contribution in [2.75, 3.05) is 4.90 Å². The molecule has 0 bridgehead atoms. The minimum atomic E-state index is -0.625. The lowest BCUT2D eigenvalue weighted by Crippen LogP contribution is -2.32. The normalized spacial score (nSPS) is 14.5. The Kier molecular flexibility index (Phi) is 7.99. The molecule has 0 radical (unpaired) electrons. The lowest BCUT2D eigenvalue weighted by molar-refractivity contribution is 0.436. The second-order valence-electron chi connectivity index (χ2n) is 19.4. The lowest BCUT2D eigenvalue weighted by Gasteiger charge is -2.40. The van der Waals surface area contributed by atoms with Gasteiger partial charge < -0.3 is 9.64 Å². The van der Waals surface area contributed by atoms with E-state index < -0.39 is 10.8 Å². The van der Waals surface area contributed by atoms with Crippen molar-refractivity contribution in [1.29, 1.82) is 0 Å². The maximum atomic E-state index is 6.79. The van der Waals surface area contributed by atoms with Crippen LogP contribution >= 0.6 is 11.8 Å². The molecule has 16 rings (SSSR count). The van der Waals surface area contributed by atoms with Crippen molar-refractivity contribution in [2.45, 2.75) is 20.6 Å². The summed E-state index contributed by atoms with van der Waals surface area (Å²) in [6.45, 7) is 0. The molecule has 2 aliphatic carbocycles. The first-order chi connectivity index (χ1) is 35.2. The molecule has 330 valence electrons. The zero-order chi connectivity index (χ0) is 46.4. The largest absolute Gasteiger partial charge is 0.457 e. The Balaban J connectivity index is 1.03. The van der Waals surface area contributed by atoms with E-state index in [0.717, 1.165) is 39.7 Å². The van der Waals surface area contributed by atoms with Gasteiger partial charge in [0.2, 0.25) is 0 Å². The second kappa shape index (κ2) is 14.5. The molecule has 12 aromatic carbocycles. The Bertz CT molecular complexity index is 4150.